The van der Waals surface area contributed by atoms with Crippen LogP contribution in [-0.2, 0) is 11.2 Å². The number of carbonyl (C=O) groups is 2. The summed E-state index contributed by atoms with van der Waals surface area (Å²) in [5.74, 6) is -1.53. The average molecular weight is 284 g/mol. The molecule has 0 radical (unpaired) electrons. The maximum absolute atomic E-state index is 11.7. The molecule has 2 amide bonds. The van der Waals surface area contributed by atoms with Crippen LogP contribution in [0.15, 0.2) is 17.5 Å². The number of thiophene rings is 1. The van der Waals surface area contributed by atoms with Gasteiger partial charge in [0.25, 0.3) is 0 Å². The lowest BCUT2D eigenvalue weighted by molar-refractivity contribution is -0.141. The summed E-state index contributed by atoms with van der Waals surface area (Å²) in [4.78, 5) is 23.7. The second-order valence-corrected chi connectivity index (χ2v) is 5.75. The van der Waals surface area contributed by atoms with Gasteiger partial charge in [-0.15, -0.1) is 11.3 Å². The number of hydrogen-bond acceptors (Lipinski definition) is 3. The van der Waals surface area contributed by atoms with Crippen molar-refractivity contribution >= 4 is 23.3 Å². The second kappa shape index (κ2) is 7.13. The van der Waals surface area contributed by atoms with E-state index in [2.05, 4.69) is 10.6 Å². The number of carboxylic acid groups (broad SMARTS) is 1. The molecule has 0 spiro atoms. The van der Waals surface area contributed by atoms with E-state index in [0.29, 0.717) is 0 Å². The van der Waals surface area contributed by atoms with Gasteiger partial charge in [-0.25, -0.2) is 4.79 Å². The molecule has 1 aromatic rings. The van der Waals surface area contributed by atoms with Crippen LogP contribution < -0.4 is 10.6 Å². The third-order valence-corrected chi connectivity index (χ3v) is 3.86. The minimum Gasteiger partial charge on any atom is -0.481 e. The number of carbonyl (C=O) groups excluding carboxylic acids is 1. The van der Waals surface area contributed by atoms with Crippen LogP contribution in [-0.4, -0.2) is 29.2 Å². The van der Waals surface area contributed by atoms with Gasteiger partial charge in [0, 0.05) is 23.4 Å². The van der Waals surface area contributed by atoms with Gasteiger partial charge in [0.05, 0.1) is 5.92 Å². The lowest BCUT2D eigenvalue weighted by Crippen LogP contribution is -2.48. The predicted molar refractivity (Wildman–Crippen MR) is 75.4 cm³/mol. The van der Waals surface area contributed by atoms with Crippen molar-refractivity contribution < 1.29 is 14.7 Å². The summed E-state index contributed by atoms with van der Waals surface area (Å²) >= 11 is 1.65. The van der Waals surface area contributed by atoms with Gasteiger partial charge in [-0.2, -0.15) is 0 Å². The Labute approximate surface area is 117 Å². The predicted octanol–water partition coefficient (Wildman–Crippen LogP) is 2.09. The Bertz CT molecular complexity index is 420. The van der Waals surface area contributed by atoms with Crippen molar-refractivity contribution in [1.29, 1.82) is 0 Å². The average Bonchev–Trinajstić information content (AvgIpc) is 2.79. The van der Waals surface area contributed by atoms with Gasteiger partial charge in [-0.1, -0.05) is 6.07 Å². The Kier molecular flexibility index (Phi) is 5.82. The Balaban J connectivity index is 2.36. The maximum Gasteiger partial charge on any atom is 0.315 e. The highest BCUT2D eigenvalue weighted by Gasteiger charge is 2.21. The third-order valence-electron chi connectivity index (χ3n) is 2.96. The fourth-order valence-electron chi connectivity index (χ4n) is 1.59. The number of rotatable bonds is 6. The molecule has 0 bridgehead atoms. The first-order valence-electron chi connectivity index (χ1n) is 6.22. The summed E-state index contributed by atoms with van der Waals surface area (Å²) in [5, 5.41) is 16.3. The molecule has 6 heteroatoms. The van der Waals surface area contributed by atoms with Crippen molar-refractivity contribution in [3.05, 3.63) is 22.4 Å². The zero-order valence-corrected chi connectivity index (χ0v) is 12.2. The normalized spacial score (nSPS) is 15.3. The van der Waals surface area contributed by atoms with Crippen LogP contribution in [0.3, 0.4) is 0 Å². The highest BCUT2D eigenvalue weighted by Crippen LogP contribution is 2.10. The van der Waals surface area contributed by atoms with Gasteiger partial charge in [0.1, 0.15) is 0 Å². The van der Waals surface area contributed by atoms with Gasteiger partial charge in [-0.05, 0) is 32.2 Å². The zero-order valence-electron chi connectivity index (χ0n) is 11.3. The highest BCUT2D eigenvalue weighted by molar-refractivity contribution is 7.09. The van der Waals surface area contributed by atoms with Crippen LogP contribution in [0.25, 0.3) is 0 Å². The fraction of sp³-hybridized carbons (Fsp3) is 0.538. The smallest absolute Gasteiger partial charge is 0.315 e. The summed E-state index contributed by atoms with van der Waals surface area (Å²) in [5.41, 5.74) is 0. The summed E-state index contributed by atoms with van der Waals surface area (Å²) in [6.45, 7) is 5.18. The van der Waals surface area contributed by atoms with E-state index in [4.69, 9.17) is 5.11 Å². The molecule has 0 aliphatic heterocycles. The van der Waals surface area contributed by atoms with Crippen LogP contribution in [0.5, 0.6) is 0 Å². The molecule has 0 saturated carbocycles. The Morgan fingerprint density at radius 2 is 2.00 bits per heavy atom. The molecule has 0 fully saturated rings. The van der Waals surface area contributed by atoms with E-state index in [-0.39, 0.29) is 12.1 Å². The first-order chi connectivity index (χ1) is 8.90. The van der Waals surface area contributed by atoms with Crippen molar-refractivity contribution in [2.45, 2.75) is 39.3 Å². The van der Waals surface area contributed by atoms with E-state index >= 15 is 0 Å². The molecule has 3 N–H and O–H groups in total. The Hall–Kier alpha value is -1.56. The van der Waals surface area contributed by atoms with Gasteiger partial charge >= 0.3 is 12.0 Å². The summed E-state index contributed by atoms with van der Waals surface area (Å²) in [7, 11) is 0. The SMILES string of the molecule is CC(Cc1cccs1)NC(=O)NC(C)C(C)C(=O)O. The van der Waals surface area contributed by atoms with Crippen molar-refractivity contribution in [3.8, 4) is 0 Å². The van der Waals surface area contributed by atoms with E-state index < -0.39 is 17.9 Å². The maximum atomic E-state index is 11.7. The zero-order chi connectivity index (χ0) is 14.4. The van der Waals surface area contributed by atoms with Gasteiger partial charge < -0.3 is 15.7 Å². The molecule has 0 saturated heterocycles. The first kappa shape index (κ1) is 15.5. The number of nitrogens with one attached hydrogen (secondary N) is 2. The van der Waals surface area contributed by atoms with Gasteiger partial charge in [0.2, 0.25) is 0 Å². The first-order valence-corrected chi connectivity index (χ1v) is 7.10. The molecule has 3 unspecified atom stereocenters. The molecule has 1 heterocycles. The number of aliphatic carboxylic acids is 1. The molecular weight excluding hydrogens is 264 g/mol. The molecule has 3 atom stereocenters. The van der Waals surface area contributed by atoms with Crippen LogP contribution in [0, 0.1) is 5.92 Å². The summed E-state index contributed by atoms with van der Waals surface area (Å²) < 4.78 is 0. The van der Waals surface area contributed by atoms with Crippen molar-refractivity contribution in [2.24, 2.45) is 5.92 Å². The number of carboxylic acids is 1. The molecule has 1 rings (SSSR count). The molecule has 106 valence electrons. The van der Waals surface area contributed by atoms with Crippen molar-refractivity contribution in [2.75, 3.05) is 0 Å². The van der Waals surface area contributed by atoms with E-state index in [1.54, 1.807) is 25.2 Å². The van der Waals surface area contributed by atoms with Gasteiger partial charge in [-0.3, -0.25) is 4.79 Å². The van der Waals surface area contributed by atoms with Gasteiger partial charge in [0.15, 0.2) is 0 Å². The van der Waals surface area contributed by atoms with E-state index in [0.717, 1.165) is 6.42 Å². The number of urea groups is 1. The largest absolute Gasteiger partial charge is 0.481 e. The quantitative estimate of drug-likeness (QED) is 0.748. The molecular formula is C13H20N2O3S. The van der Waals surface area contributed by atoms with Crippen LogP contribution in [0.1, 0.15) is 25.6 Å². The van der Waals surface area contributed by atoms with Crippen molar-refractivity contribution in [1.82, 2.24) is 10.6 Å². The Morgan fingerprint density at radius 1 is 1.32 bits per heavy atom. The minimum atomic E-state index is -0.917. The standard InChI is InChI=1S/C13H20N2O3S/c1-8(7-11-5-4-6-19-11)14-13(18)15-10(3)9(2)12(16)17/h4-6,8-10H,7H2,1-3H3,(H,16,17)(H2,14,15,18). The van der Waals surface area contributed by atoms with Crippen LogP contribution >= 0.6 is 11.3 Å². The van der Waals surface area contributed by atoms with Crippen LogP contribution in [0.2, 0.25) is 0 Å². The topological polar surface area (TPSA) is 78.4 Å². The molecule has 0 aromatic carbocycles. The molecule has 19 heavy (non-hydrogen) atoms. The summed E-state index contributed by atoms with van der Waals surface area (Å²) in [6, 6.07) is 3.27. The molecule has 1 aromatic heterocycles. The highest BCUT2D eigenvalue weighted by atomic mass is 32.1. The fourth-order valence-corrected chi connectivity index (χ4v) is 2.43. The van der Waals surface area contributed by atoms with Crippen LogP contribution in [0.4, 0.5) is 4.79 Å². The summed E-state index contributed by atoms with van der Waals surface area (Å²) in [6.07, 6.45) is 0.772. The Morgan fingerprint density at radius 3 is 2.53 bits per heavy atom. The lowest BCUT2D eigenvalue weighted by Gasteiger charge is -2.20. The van der Waals surface area contributed by atoms with E-state index in [1.165, 1.54) is 4.88 Å². The minimum absolute atomic E-state index is 0.00554. The monoisotopic (exact) mass is 284 g/mol. The lowest BCUT2D eigenvalue weighted by atomic mass is 10.0. The molecule has 0 aliphatic carbocycles. The number of hydrogen-bond donors (Lipinski definition) is 3. The second-order valence-electron chi connectivity index (χ2n) is 4.72. The number of amides is 2. The molecule has 5 nitrogen and oxygen atoms in total. The van der Waals surface area contributed by atoms with E-state index in [1.807, 2.05) is 24.4 Å². The van der Waals surface area contributed by atoms with Crippen molar-refractivity contribution in [3.63, 3.8) is 0 Å². The third kappa shape index (κ3) is 5.30. The van der Waals surface area contributed by atoms with E-state index in [9.17, 15) is 9.59 Å². The molecule has 0 aliphatic rings.